The largest absolute Gasteiger partial charge is 0.348 e. The van der Waals surface area contributed by atoms with Crippen LogP contribution in [0, 0.1) is 11.7 Å². The summed E-state index contributed by atoms with van der Waals surface area (Å²) >= 11 is 0. The van der Waals surface area contributed by atoms with Gasteiger partial charge >= 0.3 is 0 Å². The van der Waals surface area contributed by atoms with Gasteiger partial charge in [-0.25, -0.2) is 9.37 Å². The molecule has 1 saturated carbocycles. The van der Waals surface area contributed by atoms with E-state index in [9.17, 15) is 4.39 Å². The monoisotopic (exact) mass is 245 g/mol. The fourth-order valence-corrected chi connectivity index (χ4v) is 2.26. The Balaban J connectivity index is 1.70. The molecular formula is C14H16FN3. The Labute approximate surface area is 105 Å². The standard InChI is InChI=1S/C14H16FN3/c15-12-5-3-11(4-6-12)14(10-1-2-10)18-9-13-16-7-8-17-13/h3-8,10,14,18H,1-2,9H2,(H,16,17). The van der Waals surface area contributed by atoms with E-state index in [0.717, 1.165) is 11.4 Å². The maximum Gasteiger partial charge on any atom is 0.123 e. The van der Waals surface area contributed by atoms with Crippen molar-refractivity contribution < 1.29 is 4.39 Å². The van der Waals surface area contributed by atoms with Gasteiger partial charge in [0.1, 0.15) is 11.6 Å². The van der Waals surface area contributed by atoms with Crippen LogP contribution in [0.15, 0.2) is 36.7 Å². The summed E-state index contributed by atoms with van der Waals surface area (Å²) < 4.78 is 12.9. The minimum absolute atomic E-state index is 0.181. The number of aromatic nitrogens is 2. The number of benzene rings is 1. The molecule has 0 amide bonds. The van der Waals surface area contributed by atoms with Crippen molar-refractivity contribution in [3.8, 4) is 0 Å². The van der Waals surface area contributed by atoms with Gasteiger partial charge in [-0.1, -0.05) is 12.1 Å². The maximum absolute atomic E-state index is 12.9. The van der Waals surface area contributed by atoms with Crippen LogP contribution in [-0.2, 0) is 6.54 Å². The predicted octanol–water partition coefficient (Wildman–Crippen LogP) is 2.79. The van der Waals surface area contributed by atoms with E-state index in [4.69, 9.17) is 0 Å². The quantitative estimate of drug-likeness (QED) is 0.850. The lowest BCUT2D eigenvalue weighted by Crippen LogP contribution is -2.23. The average Bonchev–Trinajstić information content (AvgIpc) is 3.08. The van der Waals surface area contributed by atoms with Crippen LogP contribution >= 0.6 is 0 Å². The van der Waals surface area contributed by atoms with Gasteiger partial charge in [0.2, 0.25) is 0 Å². The Kier molecular flexibility index (Phi) is 3.11. The summed E-state index contributed by atoms with van der Waals surface area (Å²) in [4.78, 5) is 7.28. The highest BCUT2D eigenvalue weighted by Crippen LogP contribution is 2.41. The molecule has 0 bridgehead atoms. The van der Waals surface area contributed by atoms with Crippen molar-refractivity contribution in [2.75, 3.05) is 0 Å². The van der Waals surface area contributed by atoms with Gasteiger partial charge in [-0.2, -0.15) is 0 Å². The van der Waals surface area contributed by atoms with Crippen LogP contribution < -0.4 is 5.32 Å². The molecule has 1 fully saturated rings. The molecule has 2 aromatic rings. The number of nitrogens with zero attached hydrogens (tertiary/aromatic N) is 1. The van der Waals surface area contributed by atoms with E-state index < -0.39 is 0 Å². The third-order valence-electron chi connectivity index (χ3n) is 3.37. The zero-order valence-electron chi connectivity index (χ0n) is 10.1. The number of nitrogens with one attached hydrogen (secondary N) is 2. The highest BCUT2D eigenvalue weighted by Gasteiger charge is 2.31. The molecule has 0 aliphatic heterocycles. The second-order valence-electron chi connectivity index (χ2n) is 4.78. The minimum Gasteiger partial charge on any atom is -0.348 e. The molecular weight excluding hydrogens is 229 g/mol. The molecule has 1 atom stereocenters. The topological polar surface area (TPSA) is 40.7 Å². The van der Waals surface area contributed by atoms with E-state index in [-0.39, 0.29) is 5.82 Å². The number of aromatic amines is 1. The van der Waals surface area contributed by atoms with E-state index >= 15 is 0 Å². The van der Waals surface area contributed by atoms with E-state index in [2.05, 4.69) is 15.3 Å². The minimum atomic E-state index is -0.181. The normalized spacial score (nSPS) is 16.7. The summed E-state index contributed by atoms with van der Waals surface area (Å²) in [6.07, 6.45) is 6.06. The summed E-state index contributed by atoms with van der Waals surface area (Å²) in [5.74, 6) is 1.42. The fraction of sp³-hybridized carbons (Fsp3) is 0.357. The van der Waals surface area contributed by atoms with E-state index in [1.54, 1.807) is 6.20 Å². The Bertz CT molecular complexity index is 488. The molecule has 1 heterocycles. The summed E-state index contributed by atoms with van der Waals surface area (Å²) in [5.41, 5.74) is 1.16. The SMILES string of the molecule is Fc1ccc(C(NCc2ncc[nH]2)C2CC2)cc1. The van der Waals surface area contributed by atoms with E-state index in [1.165, 1.54) is 25.0 Å². The first kappa shape index (κ1) is 11.4. The van der Waals surface area contributed by atoms with Crippen molar-refractivity contribution in [1.82, 2.24) is 15.3 Å². The van der Waals surface area contributed by atoms with E-state index in [1.807, 2.05) is 18.3 Å². The number of halogens is 1. The highest BCUT2D eigenvalue weighted by atomic mass is 19.1. The van der Waals surface area contributed by atoms with Crippen LogP contribution in [0.1, 0.15) is 30.3 Å². The Hall–Kier alpha value is -1.68. The second-order valence-corrected chi connectivity index (χ2v) is 4.78. The van der Waals surface area contributed by atoms with Crippen LogP contribution in [0.25, 0.3) is 0 Å². The van der Waals surface area contributed by atoms with Crippen molar-refractivity contribution in [3.05, 3.63) is 53.9 Å². The predicted molar refractivity (Wildman–Crippen MR) is 67.3 cm³/mol. The summed E-state index contributed by atoms with van der Waals surface area (Å²) in [7, 11) is 0. The van der Waals surface area contributed by atoms with E-state index in [0.29, 0.717) is 18.5 Å². The third kappa shape index (κ3) is 2.59. The summed E-state index contributed by atoms with van der Waals surface area (Å²) in [6, 6.07) is 7.09. The van der Waals surface area contributed by atoms with Crippen LogP contribution in [0.5, 0.6) is 0 Å². The van der Waals surface area contributed by atoms with Gasteiger partial charge < -0.3 is 10.3 Å². The molecule has 1 aliphatic rings. The molecule has 0 radical (unpaired) electrons. The first-order chi connectivity index (χ1) is 8.83. The molecule has 18 heavy (non-hydrogen) atoms. The number of imidazole rings is 1. The first-order valence-electron chi connectivity index (χ1n) is 6.30. The molecule has 1 aromatic heterocycles. The molecule has 1 aliphatic carbocycles. The maximum atomic E-state index is 12.9. The molecule has 3 nitrogen and oxygen atoms in total. The lowest BCUT2D eigenvalue weighted by atomic mass is 10.0. The Morgan fingerprint density at radius 1 is 1.33 bits per heavy atom. The van der Waals surface area contributed by atoms with Crippen LogP contribution in [-0.4, -0.2) is 9.97 Å². The van der Waals surface area contributed by atoms with Gasteiger partial charge in [-0.15, -0.1) is 0 Å². The molecule has 4 heteroatoms. The lowest BCUT2D eigenvalue weighted by molar-refractivity contribution is 0.472. The van der Waals surface area contributed by atoms with Crippen LogP contribution in [0.4, 0.5) is 4.39 Å². The van der Waals surface area contributed by atoms with Crippen LogP contribution in [0.3, 0.4) is 0 Å². The van der Waals surface area contributed by atoms with Crippen molar-refractivity contribution in [1.29, 1.82) is 0 Å². The van der Waals surface area contributed by atoms with Gasteiger partial charge in [-0.3, -0.25) is 0 Å². The van der Waals surface area contributed by atoms with Gasteiger partial charge in [0, 0.05) is 18.4 Å². The molecule has 2 N–H and O–H groups in total. The van der Waals surface area contributed by atoms with Crippen molar-refractivity contribution in [2.24, 2.45) is 5.92 Å². The lowest BCUT2D eigenvalue weighted by Gasteiger charge is -2.18. The first-order valence-corrected chi connectivity index (χ1v) is 6.30. The summed E-state index contributed by atoms with van der Waals surface area (Å²) in [5, 5.41) is 3.50. The second kappa shape index (κ2) is 4.90. The van der Waals surface area contributed by atoms with Crippen molar-refractivity contribution >= 4 is 0 Å². The average molecular weight is 245 g/mol. The molecule has 1 unspecified atom stereocenters. The zero-order chi connectivity index (χ0) is 12.4. The Morgan fingerprint density at radius 3 is 2.72 bits per heavy atom. The van der Waals surface area contributed by atoms with Crippen molar-refractivity contribution in [2.45, 2.75) is 25.4 Å². The molecule has 94 valence electrons. The molecule has 0 spiro atoms. The smallest absolute Gasteiger partial charge is 0.123 e. The molecule has 1 aromatic carbocycles. The van der Waals surface area contributed by atoms with Crippen LogP contribution in [0.2, 0.25) is 0 Å². The van der Waals surface area contributed by atoms with Gasteiger partial charge in [-0.05, 0) is 36.5 Å². The van der Waals surface area contributed by atoms with Crippen molar-refractivity contribution in [3.63, 3.8) is 0 Å². The number of H-pyrrole nitrogens is 1. The van der Waals surface area contributed by atoms with Gasteiger partial charge in [0.25, 0.3) is 0 Å². The summed E-state index contributed by atoms with van der Waals surface area (Å²) in [6.45, 7) is 0.714. The Morgan fingerprint density at radius 2 is 2.11 bits per heavy atom. The number of hydrogen-bond acceptors (Lipinski definition) is 2. The highest BCUT2D eigenvalue weighted by molar-refractivity contribution is 5.22. The van der Waals surface area contributed by atoms with Gasteiger partial charge in [0.15, 0.2) is 0 Å². The third-order valence-corrected chi connectivity index (χ3v) is 3.37. The van der Waals surface area contributed by atoms with Gasteiger partial charge in [0.05, 0.1) is 6.54 Å². The number of rotatable bonds is 5. The molecule has 0 saturated heterocycles. The molecule has 3 rings (SSSR count). The fourth-order valence-electron chi connectivity index (χ4n) is 2.26. The zero-order valence-corrected chi connectivity index (χ0v) is 10.1. The number of hydrogen-bond donors (Lipinski definition) is 2.